The zero-order valence-corrected chi connectivity index (χ0v) is 20.6. The van der Waals surface area contributed by atoms with E-state index in [-0.39, 0.29) is 28.0 Å². The minimum atomic E-state index is -4.43. The zero-order valence-electron chi connectivity index (χ0n) is 19.1. The number of hydrogen-bond donors (Lipinski definition) is 3. The molecule has 3 N–H and O–H groups in total. The molecule has 0 atom stereocenters. The van der Waals surface area contributed by atoms with Gasteiger partial charge in [0.1, 0.15) is 18.0 Å². The van der Waals surface area contributed by atoms with E-state index in [0.717, 1.165) is 18.2 Å². The molecule has 188 valence electrons. The average Bonchev–Trinajstić information content (AvgIpc) is 3.29. The summed E-state index contributed by atoms with van der Waals surface area (Å²) in [6, 6.07) is 5.85. The second kappa shape index (κ2) is 9.59. The third-order valence-electron chi connectivity index (χ3n) is 5.26. The monoisotopic (exact) mass is 536 g/mol. The molecule has 1 aromatic carbocycles. The maximum Gasteiger partial charge on any atom is 0.271 e. The van der Waals surface area contributed by atoms with E-state index < -0.39 is 43.7 Å². The number of carbonyl (C=O) groups excluding carboxylic acids is 1. The number of amides is 1. The highest BCUT2D eigenvalue weighted by Crippen LogP contribution is 2.37. The fourth-order valence-corrected chi connectivity index (χ4v) is 5.08. The van der Waals surface area contributed by atoms with Crippen LogP contribution in [0.15, 0.2) is 47.8 Å². The number of rotatable bonds is 7. The lowest BCUT2D eigenvalue weighted by molar-refractivity contribution is 0.0960. The molecule has 36 heavy (non-hydrogen) atoms. The van der Waals surface area contributed by atoms with Gasteiger partial charge in [-0.05, 0) is 30.3 Å². The topological polar surface area (TPSA) is 127 Å². The van der Waals surface area contributed by atoms with Crippen LogP contribution in [0.1, 0.15) is 10.5 Å². The molecule has 0 saturated carbocycles. The standard InChI is InChI=1S/C22H19ClF2N6O4S/c1-26-20-12(4-7-15-19(21(32)27-2)29-10-31(15)20)17-13(24)5-6-14(18(17)25)30-36(33,34)16-8-11(23)9-28-22(16)35-3/h4-10,26,30H,1-3H3,(H,27,32). The van der Waals surface area contributed by atoms with Gasteiger partial charge >= 0.3 is 0 Å². The van der Waals surface area contributed by atoms with E-state index in [2.05, 4.69) is 25.3 Å². The molecule has 0 fully saturated rings. The third kappa shape index (κ3) is 4.27. The number of nitrogens with one attached hydrogen (secondary N) is 3. The Bertz CT molecular complexity index is 1610. The number of imidazole rings is 1. The molecule has 0 aliphatic heterocycles. The van der Waals surface area contributed by atoms with Crippen LogP contribution in [0.5, 0.6) is 5.88 Å². The first kappa shape index (κ1) is 25.1. The lowest BCUT2D eigenvalue weighted by atomic mass is 10.0. The van der Waals surface area contributed by atoms with Gasteiger partial charge in [0, 0.05) is 25.9 Å². The summed E-state index contributed by atoms with van der Waals surface area (Å²) in [6.45, 7) is 0. The summed E-state index contributed by atoms with van der Waals surface area (Å²) in [5.41, 5.74) is -0.461. The predicted octanol–water partition coefficient (Wildman–Crippen LogP) is 3.54. The molecule has 14 heteroatoms. The molecule has 0 unspecified atom stereocenters. The average molecular weight is 537 g/mol. The van der Waals surface area contributed by atoms with Crippen LogP contribution >= 0.6 is 11.6 Å². The van der Waals surface area contributed by atoms with Crippen molar-refractivity contribution in [1.82, 2.24) is 19.7 Å². The Labute approximate surface area is 209 Å². The lowest BCUT2D eigenvalue weighted by Gasteiger charge is -2.16. The molecular formula is C22H19ClF2N6O4S. The SMILES string of the molecule is CNC(=O)c1ncn2c(NC)c(-c3c(F)ccc(NS(=O)(=O)c4cc(Cl)cnc4OC)c3F)ccc12. The number of pyridine rings is 2. The number of fused-ring (bicyclic) bond motifs is 1. The summed E-state index contributed by atoms with van der Waals surface area (Å²) in [5.74, 6) is -2.60. The van der Waals surface area contributed by atoms with Gasteiger partial charge in [-0.1, -0.05) is 11.6 Å². The highest BCUT2D eigenvalue weighted by Gasteiger charge is 2.26. The summed E-state index contributed by atoms with van der Waals surface area (Å²) < 4.78 is 65.2. The number of ether oxygens (including phenoxy) is 1. The van der Waals surface area contributed by atoms with Gasteiger partial charge in [-0.3, -0.25) is 13.9 Å². The van der Waals surface area contributed by atoms with E-state index in [1.807, 2.05) is 0 Å². The van der Waals surface area contributed by atoms with Gasteiger partial charge < -0.3 is 15.4 Å². The Morgan fingerprint density at radius 1 is 1.14 bits per heavy atom. The molecule has 4 aromatic rings. The van der Waals surface area contributed by atoms with Crippen LogP contribution in [0.25, 0.3) is 16.6 Å². The van der Waals surface area contributed by atoms with Crippen LogP contribution in [0.3, 0.4) is 0 Å². The molecule has 0 radical (unpaired) electrons. The van der Waals surface area contributed by atoms with Crippen molar-refractivity contribution in [3.8, 4) is 17.0 Å². The quantitative estimate of drug-likeness (QED) is 0.330. The van der Waals surface area contributed by atoms with Gasteiger partial charge in [-0.2, -0.15) is 0 Å². The molecule has 0 spiro atoms. The van der Waals surface area contributed by atoms with Gasteiger partial charge in [0.25, 0.3) is 15.9 Å². The first-order valence-electron chi connectivity index (χ1n) is 10.2. The van der Waals surface area contributed by atoms with Crippen molar-refractivity contribution in [2.45, 2.75) is 4.90 Å². The maximum absolute atomic E-state index is 15.7. The molecule has 3 heterocycles. The number of nitrogens with zero attached hydrogens (tertiary/aromatic N) is 3. The largest absolute Gasteiger partial charge is 0.480 e. The second-order valence-corrected chi connectivity index (χ2v) is 9.41. The molecule has 0 aliphatic rings. The van der Waals surface area contributed by atoms with Crippen LogP contribution < -0.4 is 20.1 Å². The van der Waals surface area contributed by atoms with E-state index in [9.17, 15) is 17.6 Å². The highest BCUT2D eigenvalue weighted by atomic mass is 35.5. The number of benzene rings is 1. The van der Waals surface area contributed by atoms with Crippen molar-refractivity contribution in [3.63, 3.8) is 0 Å². The summed E-state index contributed by atoms with van der Waals surface area (Å²) in [4.78, 5) is 19.6. The Morgan fingerprint density at radius 3 is 2.56 bits per heavy atom. The van der Waals surface area contributed by atoms with E-state index >= 15 is 4.39 Å². The van der Waals surface area contributed by atoms with Crippen molar-refractivity contribution in [2.24, 2.45) is 0 Å². The summed E-state index contributed by atoms with van der Waals surface area (Å²) >= 11 is 5.88. The van der Waals surface area contributed by atoms with E-state index in [1.54, 1.807) is 0 Å². The second-order valence-electron chi connectivity index (χ2n) is 7.32. The minimum Gasteiger partial charge on any atom is -0.480 e. The molecule has 1 amide bonds. The Morgan fingerprint density at radius 2 is 1.89 bits per heavy atom. The maximum atomic E-state index is 15.7. The van der Waals surface area contributed by atoms with Gasteiger partial charge in [0.15, 0.2) is 16.4 Å². The van der Waals surface area contributed by atoms with Crippen LogP contribution in [0, 0.1) is 11.6 Å². The Kier molecular flexibility index (Phi) is 6.69. The first-order chi connectivity index (χ1) is 17.1. The molecule has 10 nitrogen and oxygen atoms in total. The van der Waals surface area contributed by atoms with Gasteiger partial charge in [-0.25, -0.2) is 27.2 Å². The summed E-state index contributed by atoms with van der Waals surface area (Å²) in [6.07, 6.45) is 2.52. The van der Waals surface area contributed by atoms with Crippen molar-refractivity contribution in [1.29, 1.82) is 0 Å². The van der Waals surface area contributed by atoms with Crippen LogP contribution in [-0.2, 0) is 10.0 Å². The fraction of sp³-hybridized carbons (Fsp3) is 0.136. The van der Waals surface area contributed by atoms with Crippen molar-refractivity contribution in [2.75, 3.05) is 31.2 Å². The number of anilines is 2. The van der Waals surface area contributed by atoms with E-state index in [4.69, 9.17) is 16.3 Å². The number of methoxy groups -OCH3 is 1. The fourth-order valence-electron chi connectivity index (χ4n) is 3.65. The van der Waals surface area contributed by atoms with Crippen LogP contribution in [0.4, 0.5) is 20.3 Å². The normalized spacial score (nSPS) is 11.4. The van der Waals surface area contributed by atoms with Gasteiger partial charge in [-0.15, -0.1) is 0 Å². The summed E-state index contributed by atoms with van der Waals surface area (Å²) in [7, 11) is -0.239. The molecular weight excluding hydrogens is 518 g/mol. The summed E-state index contributed by atoms with van der Waals surface area (Å²) in [5, 5.41) is 5.34. The molecule has 0 aliphatic carbocycles. The minimum absolute atomic E-state index is 0.0138. The number of carbonyl (C=O) groups is 1. The smallest absolute Gasteiger partial charge is 0.271 e. The van der Waals surface area contributed by atoms with Gasteiger partial charge in [0.2, 0.25) is 5.88 Å². The molecule has 0 saturated heterocycles. The van der Waals surface area contributed by atoms with Crippen molar-refractivity contribution in [3.05, 3.63) is 65.2 Å². The molecule has 3 aromatic heterocycles. The highest BCUT2D eigenvalue weighted by molar-refractivity contribution is 7.92. The van der Waals surface area contributed by atoms with E-state index in [0.29, 0.717) is 5.52 Å². The predicted molar refractivity (Wildman–Crippen MR) is 130 cm³/mol. The van der Waals surface area contributed by atoms with E-state index in [1.165, 1.54) is 50.3 Å². The first-order valence-corrected chi connectivity index (χ1v) is 12.1. The van der Waals surface area contributed by atoms with Gasteiger partial charge in [0.05, 0.1) is 28.9 Å². The Hall–Kier alpha value is -3.97. The zero-order chi connectivity index (χ0) is 26.2. The number of hydrogen-bond acceptors (Lipinski definition) is 7. The van der Waals surface area contributed by atoms with Crippen molar-refractivity contribution >= 4 is 44.6 Å². The van der Waals surface area contributed by atoms with Crippen molar-refractivity contribution < 1.29 is 26.7 Å². The lowest BCUT2D eigenvalue weighted by Crippen LogP contribution is -2.18. The Balaban J connectivity index is 1.85. The number of sulfonamides is 1. The van der Waals surface area contributed by atoms with Crippen LogP contribution in [-0.4, -0.2) is 49.9 Å². The molecule has 4 rings (SSSR count). The number of halogens is 3. The molecule has 0 bridgehead atoms. The third-order valence-corrected chi connectivity index (χ3v) is 6.83. The van der Waals surface area contributed by atoms with Crippen LogP contribution in [0.2, 0.25) is 5.02 Å². The number of aromatic nitrogens is 3.